The maximum atomic E-state index is 5.98. The van der Waals surface area contributed by atoms with Gasteiger partial charge < -0.3 is 10.7 Å². The minimum Gasteiger partial charge on any atom is -0.382 e. The Morgan fingerprint density at radius 2 is 1.95 bits per heavy atom. The van der Waals surface area contributed by atoms with Crippen molar-refractivity contribution in [3.05, 3.63) is 60.8 Å². The number of imidazole rings is 1. The van der Waals surface area contributed by atoms with Crippen molar-refractivity contribution in [3.63, 3.8) is 0 Å². The first-order chi connectivity index (χ1) is 10.8. The van der Waals surface area contributed by atoms with E-state index in [4.69, 9.17) is 5.73 Å². The Bertz CT molecular complexity index is 911. The molecule has 0 unspecified atom stereocenters. The molecule has 5 nitrogen and oxygen atoms in total. The van der Waals surface area contributed by atoms with Gasteiger partial charge in [0.2, 0.25) is 0 Å². The molecular formula is C17H12N5. The molecule has 0 fully saturated rings. The molecule has 4 rings (SSSR count). The maximum Gasteiger partial charge on any atom is 0.161 e. The van der Waals surface area contributed by atoms with Crippen LogP contribution in [-0.2, 0) is 0 Å². The summed E-state index contributed by atoms with van der Waals surface area (Å²) in [4.78, 5) is 16.6. The fraction of sp³-hybridized carbons (Fsp3) is 0. The Labute approximate surface area is 126 Å². The van der Waals surface area contributed by atoms with E-state index >= 15 is 0 Å². The van der Waals surface area contributed by atoms with Gasteiger partial charge in [0.05, 0.1) is 22.9 Å². The lowest BCUT2D eigenvalue weighted by Gasteiger charge is -2.05. The summed E-state index contributed by atoms with van der Waals surface area (Å²) >= 11 is 0. The van der Waals surface area contributed by atoms with E-state index in [1.165, 1.54) is 0 Å². The normalized spacial score (nSPS) is 10.9. The van der Waals surface area contributed by atoms with Gasteiger partial charge in [-0.3, -0.25) is 0 Å². The molecule has 4 aromatic rings. The molecule has 0 aliphatic heterocycles. The van der Waals surface area contributed by atoms with Crippen LogP contribution in [0.4, 0.5) is 5.82 Å². The van der Waals surface area contributed by atoms with Gasteiger partial charge in [-0.25, -0.2) is 15.0 Å². The zero-order valence-electron chi connectivity index (χ0n) is 11.6. The number of aromatic amines is 1. The van der Waals surface area contributed by atoms with Crippen molar-refractivity contribution in [3.8, 4) is 22.8 Å². The van der Waals surface area contributed by atoms with E-state index < -0.39 is 0 Å². The lowest BCUT2D eigenvalue weighted by molar-refractivity contribution is 1.18. The van der Waals surface area contributed by atoms with Crippen LogP contribution >= 0.6 is 0 Å². The molecule has 22 heavy (non-hydrogen) atoms. The molecule has 0 bridgehead atoms. The molecular weight excluding hydrogens is 274 g/mol. The number of nitrogens with zero attached hydrogens (tertiary/aromatic N) is 3. The maximum absolute atomic E-state index is 5.98. The zero-order valence-corrected chi connectivity index (χ0v) is 11.6. The van der Waals surface area contributed by atoms with Crippen molar-refractivity contribution in [2.24, 2.45) is 0 Å². The predicted octanol–water partition coefficient (Wildman–Crippen LogP) is 3.07. The number of H-pyrrole nitrogens is 1. The van der Waals surface area contributed by atoms with E-state index in [2.05, 4.69) is 26.0 Å². The molecule has 2 heterocycles. The summed E-state index contributed by atoms with van der Waals surface area (Å²) in [6, 6.07) is 18.4. The lowest BCUT2D eigenvalue weighted by atomic mass is 10.1. The van der Waals surface area contributed by atoms with Crippen molar-refractivity contribution < 1.29 is 0 Å². The van der Waals surface area contributed by atoms with Crippen LogP contribution in [0, 0.1) is 6.07 Å². The van der Waals surface area contributed by atoms with Gasteiger partial charge in [0, 0.05) is 5.56 Å². The monoisotopic (exact) mass is 286 g/mol. The zero-order chi connectivity index (χ0) is 14.9. The molecule has 0 atom stereocenters. The third-order valence-corrected chi connectivity index (χ3v) is 3.42. The van der Waals surface area contributed by atoms with Crippen molar-refractivity contribution in [1.29, 1.82) is 0 Å². The van der Waals surface area contributed by atoms with Gasteiger partial charge in [-0.2, -0.15) is 0 Å². The number of rotatable bonds is 2. The predicted molar refractivity (Wildman–Crippen MR) is 85.8 cm³/mol. The highest BCUT2D eigenvalue weighted by atomic mass is 15.0. The number of nitrogen functional groups attached to an aromatic ring is 1. The summed E-state index contributed by atoms with van der Waals surface area (Å²) < 4.78 is 0. The van der Waals surface area contributed by atoms with Crippen LogP contribution < -0.4 is 5.73 Å². The molecule has 105 valence electrons. The van der Waals surface area contributed by atoms with Gasteiger partial charge in [-0.15, -0.1) is 0 Å². The number of hydrogen-bond donors (Lipinski definition) is 2. The molecule has 2 aromatic carbocycles. The van der Waals surface area contributed by atoms with Gasteiger partial charge in [0.25, 0.3) is 0 Å². The Kier molecular flexibility index (Phi) is 2.83. The van der Waals surface area contributed by atoms with Crippen LogP contribution in [0.5, 0.6) is 0 Å². The van der Waals surface area contributed by atoms with Gasteiger partial charge in [-0.1, -0.05) is 30.3 Å². The molecule has 0 saturated heterocycles. The second kappa shape index (κ2) is 4.96. The fourth-order valence-electron chi connectivity index (χ4n) is 2.33. The number of aromatic nitrogens is 4. The summed E-state index contributed by atoms with van der Waals surface area (Å²) in [7, 11) is 0. The van der Waals surface area contributed by atoms with Crippen LogP contribution in [0.25, 0.3) is 33.8 Å². The third kappa shape index (κ3) is 2.09. The van der Waals surface area contributed by atoms with Crippen LogP contribution in [0.2, 0.25) is 0 Å². The molecule has 0 saturated carbocycles. The highest BCUT2D eigenvalue weighted by Gasteiger charge is 2.12. The Morgan fingerprint density at radius 3 is 2.77 bits per heavy atom. The van der Waals surface area contributed by atoms with E-state index in [9.17, 15) is 0 Å². The van der Waals surface area contributed by atoms with Crippen molar-refractivity contribution in [2.45, 2.75) is 0 Å². The van der Waals surface area contributed by atoms with Crippen molar-refractivity contribution in [2.75, 3.05) is 5.73 Å². The smallest absolute Gasteiger partial charge is 0.161 e. The average molecular weight is 286 g/mol. The Morgan fingerprint density at radius 1 is 1.05 bits per heavy atom. The summed E-state index contributed by atoms with van der Waals surface area (Å²) in [6.45, 7) is 0. The van der Waals surface area contributed by atoms with Crippen LogP contribution in [0.3, 0.4) is 0 Å². The topological polar surface area (TPSA) is 80.5 Å². The van der Waals surface area contributed by atoms with Gasteiger partial charge in [0.1, 0.15) is 5.69 Å². The van der Waals surface area contributed by atoms with Crippen LogP contribution in [-0.4, -0.2) is 19.9 Å². The molecule has 0 amide bonds. The molecule has 0 aliphatic carbocycles. The first kappa shape index (κ1) is 12.5. The minimum absolute atomic E-state index is 0.350. The van der Waals surface area contributed by atoms with E-state index in [1.807, 2.05) is 48.5 Å². The largest absolute Gasteiger partial charge is 0.382 e. The fourth-order valence-corrected chi connectivity index (χ4v) is 2.33. The molecule has 0 aliphatic rings. The Balaban J connectivity index is 1.87. The number of para-hydroxylation sites is 2. The minimum atomic E-state index is 0.350. The van der Waals surface area contributed by atoms with E-state index in [0.717, 1.165) is 22.3 Å². The second-order valence-corrected chi connectivity index (χ2v) is 4.88. The van der Waals surface area contributed by atoms with E-state index in [1.54, 1.807) is 6.20 Å². The highest BCUT2D eigenvalue weighted by molar-refractivity contribution is 5.80. The summed E-state index contributed by atoms with van der Waals surface area (Å²) in [5.74, 6) is 0.968. The molecule has 1 radical (unpaired) electrons. The van der Waals surface area contributed by atoms with Gasteiger partial charge >= 0.3 is 0 Å². The molecule has 0 spiro atoms. The van der Waals surface area contributed by atoms with Crippen molar-refractivity contribution in [1.82, 2.24) is 19.9 Å². The number of nitrogens with two attached hydrogens (primary N) is 1. The first-order valence-electron chi connectivity index (χ1n) is 6.85. The first-order valence-corrected chi connectivity index (χ1v) is 6.85. The Hall–Kier alpha value is -3.21. The molecule has 5 heteroatoms. The number of hydrogen-bond acceptors (Lipinski definition) is 4. The SMILES string of the molecule is Nc1ncc(-c2c[c]ccc2)nc1-c1nc2ccccc2[nH]1. The summed E-state index contributed by atoms with van der Waals surface area (Å²) in [5, 5.41) is 0. The van der Waals surface area contributed by atoms with Crippen LogP contribution in [0.15, 0.2) is 54.7 Å². The van der Waals surface area contributed by atoms with Crippen LogP contribution in [0.1, 0.15) is 0 Å². The quantitative estimate of drug-likeness (QED) is 0.593. The number of nitrogens with one attached hydrogen (secondary N) is 1. The van der Waals surface area contributed by atoms with E-state index in [-0.39, 0.29) is 0 Å². The number of anilines is 1. The average Bonchev–Trinajstić information content (AvgIpc) is 3.00. The van der Waals surface area contributed by atoms with Gasteiger partial charge in [0.15, 0.2) is 11.6 Å². The number of benzene rings is 2. The molecule has 2 aromatic heterocycles. The third-order valence-electron chi connectivity index (χ3n) is 3.42. The standard InChI is InChI=1S/C17H12N5/c18-16-15(17-21-12-8-4-5-9-13(12)22-17)20-14(10-19-16)11-6-2-1-3-7-11/h1-2,4-10H,(H2,18,19)(H,21,22). The lowest BCUT2D eigenvalue weighted by Crippen LogP contribution is -1.99. The summed E-state index contributed by atoms with van der Waals surface area (Å²) in [6.07, 6.45) is 1.66. The van der Waals surface area contributed by atoms with E-state index in [0.29, 0.717) is 17.3 Å². The van der Waals surface area contributed by atoms with Crippen molar-refractivity contribution >= 4 is 16.9 Å². The summed E-state index contributed by atoms with van der Waals surface area (Å²) in [5.41, 5.74) is 10.0. The van der Waals surface area contributed by atoms with Gasteiger partial charge in [-0.05, 0) is 24.3 Å². The number of fused-ring (bicyclic) bond motifs is 1. The second-order valence-electron chi connectivity index (χ2n) is 4.88. The molecule has 3 N–H and O–H groups in total. The highest BCUT2D eigenvalue weighted by Crippen LogP contribution is 2.25.